The maximum absolute atomic E-state index is 13.8. The lowest BCUT2D eigenvalue weighted by Gasteiger charge is -2.28. The quantitative estimate of drug-likeness (QED) is 0.222. The molecule has 0 radical (unpaired) electrons. The third-order valence-corrected chi connectivity index (χ3v) is 9.27. The molecule has 1 aromatic carbocycles. The number of benzene rings is 1. The lowest BCUT2D eigenvalue weighted by molar-refractivity contribution is -0.150. The van der Waals surface area contributed by atoms with Gasteiger partial charge in [-0.05, 0) is 55.9 Å². The smallest absolute Gasteiger partial charge is 0.410 e. The van der Waals surface area contributed by atoms with E-state index in [0.29, 0.717) is 38.6 Å². The summed E-state index contributed by atoms with van der Waals surface area (Å²) in [4.78, 5) is 56.8. The number of nitrogens with one attached hydrogen (secondary N) is 2. The van der Waals surface area contributed by atoms with E-state index in [1.807, 2.05) is 24.3 Å². The van der Waals surface area contributed by atoms with Gasteiger partial charge in [-0.15, -0.1) is 0 Å². The number of fused-ring (bicyclic) bond motifs is 3. The SMILES string of the molecule is CCOC(=O)[C@@]12C[C@H]1C=CCCCCC[C@H](N)C(=O)N1C[C@H](OC(=O)N3Cc4ccc(OCCNC(C)C)cc4C3)C[C@H]1C(=O)N2. The van der Waals surface area contributed by atoms with Crippen LogP contribution in [0.1, 0.15) is 76.8 Å². The average molecular weight is 640 g/mol. The van der Waals surface area contributed by atoms with Crippen molar-refractivity contribution in [1.29, 1.82) is 0 Å². The number of ether oxygens (including phenoxy) is 3. The van der Waals surface area contributed by atoms with E-state index < -0.39 is 41.7 Å². The fourth-order valence-corrected chi connectivity index (χ4v) is 6.61. The number of nitrogens with zero attached hydrogens (tertiary/aromatic N) is 2. The van der Waals surface area contributed by atoms with Crippen LogP contribution in [0.15, 0.2) is 30.4 Å². The minimum absolute atomic E-state index is 0.0509. The van der Waals surface area contributed by atoms with E-state index in [9.17, 15) is 19.2 Å². The standard InChI is InChI=1S/C34H49N5O7/c1-4-44-32(42)34-18-25(34)10-8-6-5-7-9-11-28(35)31(41)39-21-27(17-29(39)30(40)37-34)46-33(43)38-19-23-12-13-26(16-24(23)20-38)45-15-14-36-22(2)3/h8,10,12-13,16,22,25,27-29,36H,4-7,9,11,14-15,17-21,35H2,1-3H3,(H,37,40)/t25-,27-,28+,29+,34-/m1/s1. The summed E-state index contributed by atoms with van der Waals surface area (Å²) in [5.41, 5.74) is 7.17. The van der Waals surface area contributed by atoms with Crippen molar-refractivity contribution in [2.24, 2.45) is 11.7 Å². The van der Waals surface area contributed by atoms with Crippen molar-refractivity contribution in [2.75, 3.05) is 26.3 Å². The summed E-state index contributed by atoms with van der Waals surface area (Å²) in [7, 11) is 0. The molecule has 3 aliphatic heterocycles. The number of nitrogens with two attached hydrogens (primary N) is 1. The molecule has 5 rings (SSSR count). The molecule has 3 heterocycles. The Labute approximate surface area is 271 Å². The van der Waals surface area contributed by atoms with Crippen LogP contribution in [0.25, 0.3) is 0 Å². The molecule has 0 spiro atoms. The van der Waals surface area contributed by atoms with Gasteiger partial charge in [0.15, 0.2) is 0 Å². The normalized spacial score (nSPS) is 28.0. The van der Waals surface area contributed by atoms with Crippen molar-refractivity contribution in [1.82, 2.24) is 20.4 Å². The van der Waals surface area contributed by atoms with Crippen LogP contribution < -0.4 is 21.1 Å². The predicted octanol–water partition coefficient (Wildman–Crippen LogP) is 2.77. The van der Waals surface area contributed by atoms with E-state index in [2.05, 4.69) is 30.6 Å². The van der Waals surface area contributed by atoms with Gasteiger partial charge in [0.1, 0.15) is 30.0 Å². The predicted molar refractivity (Wildman–Crippen MR) is 171 cm³/mol. The summed E-state index contributed by atoms with van der Waals surface area (Å²) in [6.45, 7) is 8.18. The largest absolute Gasteiger partial charge is 0.492 e. The molecule has 46 heavy (non-hydrogen) atoms. The number of hydrogen-bond donors (Lipinski definition) is 3. The zero-order valence-corrected chi connectivity index (χ0v) is 27.3. The number of esters is 1. The molecular formula is C34H49N5O7. The number of carbonyl (C=O) groups excluding carboxylic acids is 4. The Bertz CT molecular complexity index is 1320. The van der Waals surface area contributed by atoms with E-state index in [0.717, 1.165) is 49.1 Å². The second-order valence-electron chi connectivity index (χ2n) is 13.2. The van der Waals surface area contributed by atoms with Gasteiger partial charge in [0, 0.05) is 38.0 Å². The molecule has 1 saturated carbocycles. The van der Waals surface area contributed by atoms with Crippen LogP contribution in [-0.4, -0.2) is 89.7 Å². The molecule has 1 aromatic rings. The fraction of sp³-hybridized carbons (Fsp3) is 0.647. The number of rotatable bonds is 8. The third-order valence-electron chi connectivity index (χ3n) is 9.27. The van der Waals surface area contributed by atoms with Crippen LogP contribution in [0, 0.1) is 5.92 Å². The van der Waals surface area contributed by atoms with Crippen molar-refractivity contribution < 1.29 is 33.4 Å². The van der Waals surface area contributed by atoms with Gasteiger partial charge in [-0.1, -0.05) is 44.9 Å². The zero-order valence-electron chi connectivity index (χ0n) is 27.3. The molecule has 2 fully saturated rings. The maximum atomic E-state index is 13.8. The van der Waals surface area contributed by atoms with Crippen LogP contribution in [0.3, 0.4) is 0 Å². The van der Waals surface area contributed by atoms with Gasteiger partial charge >= 0.3 is 12.1 Å². The highest BCUT2D eigenvalue weighted by Crippen LogP contribution is 2.46. The third kappa shape index (κ3) is 7.83. The summed E-state index contributed by atoms with van der Waals surface area (Å²) in [6, 6.07) is 4.50. The minimum Gasteiger partial charge on any atom is -0.492 e. The van der Waals surface area contributed by atoms with Gasteiger partial charge < -0.3 is 35.5 Å². The average Bonchev–Trinajstić information content (AvgIpc) is 3.33. The summed E-state index contributed by atoms with van der Waals surface area (Å²) in [5.74, 6) is -0.736. The van der Waals surface area contributed by atoms with Crippen molar-refractivity contribution in [3.8, 4) is 5.75 Å². The second kappa shape index (κ2) is 14.8. The Morgan fingerprint density at radius 3 is 2.74 bits per heavy atom. The molecule has 1 saturated heterocycles. The molecule has 0 bridgehead atoms. The van der Waals surface area contributed by atoms with Crippen molar-refractivity contribution in [2.45, 2.75) is 109 Å². The molecule has 1 aliphatic carbocycles. The van der Waals surface area contributed by atoms with E-state index in [4.69, 9.17) is 19.9 Å². The molecule has 4 N–H and O–H groups in total. The highest BCUT2D eigenvalue weighted by atomic mass is 16.6. The molecule has 5 atom stereocenters. The molecule has 4 aliphatic rings. The highest BCUT2D eigenvalue weighted by Gasteiger charge is 2.62. The summed E-state index contributed by atoms with van der Waals surface area (Å²) in [6.07, 6.45) is 7.36. The zero-order chi connectivity index (χ0) is 32.8. The van der Waals surface area contributed by atoms with Gasteiger partial charge in [-0.25, -0.2) is 9.59 Å². The summed E-state index contributed by atoms with van der Waals surface area (Å²) < 4.78 is 17.1. The topological polar surface area (TPSA) is 153 Å². The maximum Gasteiger partial charge on any atom is 0.410 e. The van der Waals surface area contributed by atoms with E-state index in [1.165, 1.54) is 4.90 Å². The van der Waals surface area contributed by atoms with Gasteiger partial charge in [-0.3, -0.25) is 14.5 Å². The lowest BCUT2D eigenvalue weighted by atomic mass is 10.1. The number of hydrogen-bond acceptors (Lipinski definition) is 9. The van der Waals surface area contributed by atoms with Crippen LogP contribution in [0.2, 0.25) is 0 Å². The lowest BCUT2D eigenvalue weighted by Crippen LogP contribution is -2.55. The number of carbonyl (C=O) groups is 4. The Balaban J connectivity index is 1.25. The van der Waals surface area contributed by atoms with Gasteiger partial charge in [-0.2, -0.15) is 0 Å². The van der Waals surface area contributed by atoms with Gasteiger partial charge in [0.05, 0.1) is 19.2 Å². The monoisotopic (exact) mass is 639 g/mol. The summed E-state index contributed by atoms with van der Waals surface area (Å²) >= 11 is 0. The second-order valence-corrected chi connectivity index (χ2v) is 13.2. The van der Waals surface area contributed by atoms with Crippen molar-refractivity contribution in [3.05, 3.63) is 41.5 Å². The Morgan fingerprint density at radius 1 is 1.15 bits per heavy atom. The van der Waals surface area contributed by atoms with Crippen LogP contribution in [-0.2, 0) is 36.9 Å². The molecule has 12 heteroatoms. The van der Waals surface area contributed by atoms with E-state index >= 15 is 0 Å². The number of allylic oxidation sites excluding steroid dienone is 1. The first-order chi connectivity index (χ1) is 22.1. The Kier molecular flexibility index (Phi) is 10.9. The molecule has 3 amide bonds. The van der Waals surface area contributed by atoms with E-state index in [1.54, 1.807) is 11.8 Å². The highest BCUT2D eigenvalue weighted by molar-refractivity contribution is 5.96. The molecule has 252 valence electrons. The Hall–Kier alpha value is -3.64. The van der Waals surface area contributed by atoms with Crippen molar-refractivity contribution >= 4 is 23.9 Å². The first-order valence-corrected chi connectivity index (χ1v) is 16.8. The molecule has 12 nitrogen and oxygen atoms in total. The van der Waals surface area contributed by atoms with E-state index in [-0.39, 0.29) is 31.4 Å². The molecule has 0 aromatic heterocycles. The molecule has 0 unspecified atom stereocenters. The van der Waals surface area contributed by atoms with Crippen LogP contribution in [0.5, 0.6) is 5.75 Å². The number of amides is 3. The fourth-order valence-electron chi connectivity index (χ4n) is 6.61. The van der Waals surface area contributed by atoms with Gasteiger partial charge in [0.25, 0.3) is 0 Å². The van der Waals surface area contributed by atoms with Crippen LogP contribution in [0.4, 0.5) is 4.79 Å². The van der Waals surface area contributed by atoms with Crippen molar-refractivity contribution in [3.63, 3.8) is 0 Å². The summed E-state index contributed by atoms with van der Waals surface area (Å²) in [5, 5.41) is 6.25. The first kappa shape index (κ1) is 33.7. The van der Waals surface area contributed by atoms with Crippen LogP contribution >= 0.6 is 0 Å². The Morgan fingerprint density at radius 2 is 1.96 bits per heavy atom. The minimum atomic E-state index is -1.16. The first-order valence-electron chi connectivity index (χ1n) is 16.8. The molecular weight excluding hydrogens is 590 g/mol. The van der Waals surface area contributed by atoms with Gasteiger partial charge in [0.2, 0.25) is 11.8 Å².